The first kappa shape index (κ1) is 14.2. The minimum atomic E-state index is -0.388. The molecule has 3 fully saturated rings. The van der Waals surface area contributed by atoms with Gasteiger partial charge in [0, 0.05) is 25.2 Å². The summed E-state index contributed by atoms with van der Waals surface area (Å²) in [5.41, 5.74) is 0.572. The van der Waals surface area contributed by atoms with Crippen molar-refractivity contribution in [3.05, 3.63) is 35.6 Å². The lowest BCUT2D eigenvalue weighted by Crippen LogP contribution is -2.48. The third-order valence-corrected chi connectivity index (χ3v) is 5.51. The zero-order chi connectivity index (χ0) is 15.2. The Labute approximate surface area is 130 Å². The number of likely N-dealkylation sites (tertiary alicyclic amines) is 1. The van der Waals surface area contributed by atoms with Gasteiger partial charge in [-0.1, -0.05) is 12.1 Å². The second-order valence-corrected chi connectivity index (χ2v) is 7.10. The third kappa shape index (κ3) is 2.65. The molecular weight excluding hydrogens is 279 g/mol. The lowest BCUT2D eigenvalue weighted by Gasteiger charge is -2.33. The molecule has 3 aliphatic rings. The van der Waals surface area contributed by atoms with E-state index in [2.05, 4.69) is 10.2 Å². The predicted octanol–water partition coefficient (Wildman–Crippen LogP) is 2.60. The van der Waals surface area contributed by atoms with Gasteiger partial charge in [0.05, 0.1) is 5.41 Å². The summed E-state index contributed by atoms with van der Waals surface area (Å²) < 4.78 is 13.1. The molecule has 1 N–H and O–H groups in total. The minimum absolute atomic E-state index is 0.143. The molecule has 1 aromatic carbocycles. The standard InChI is InChI=1S/C18H23FN2O/c19-14-3-1-13(2-4-14)18(9-10-18)17(22)20-15-7-11-21(12-8-15)16-5-6-16/h1-4,15-16H,5-12H2,(H,20,22). The van der Waals surface area contributed by atoms with E-state index < -0.39 is 0 Å². The maximum absolute atomic E-state index is 13.1. The summed E-state index contributed by atoms with van der Waals surface area (Å²) in [5, 5.41) is 3.26. The highest BCUT2D eigenvalue weighted by Crippen LogP contribution is 2.48. The van der Waals surface area contributed by atoms with E-state index in [0.29, 0.717) is 6.04 Å². The summed E-state index contributed by atoms with van der Waals surface area (Å²) in [6, 6.07) is 7.56. The molecule has 4 rings (SSSR count). The number of hydrogen-bond donors (Lipinski definition) is 1. The van der Waals surface area contributed by atoms with Crippen LogP contribution in [0.1, 0.15) is 44.1 Å². The van der Waals surface area contributed by atoms with Crippen LogP contribution in [0.4, 0.5) is 4.39 Å². The summed E-state index contributed by atoms with van der Waals surface area (Å²) in [4.78, 5) is 15.3. The van der Waals surface area contributed by atoms with Gasteiger partial charge in [0.15, 0.2) is 0 Å². The van der Waals surface area contributed by atoms with Gasteiger partial charge in [-0.15, -0.1) is 0 Å². The van der Waals surface area contributed by atoms with Crippen LogP contribution in [0.15, 0.2) is 24.3 Å². The maximum atomic E-state index is 13.1. The molecule has 0 bridgehead atoms. The molecule has 1 saturated heterocycles. The summed E-state index contributed by atoms with van der Waals surface area (Å²) in [6.45, 7) is 2.22. The van der Waals surface area contributed by atoms with E-state index in [0.717, 1.165) is 50.4 Å². The second kappa shape index (κ2) is 5.34. The summed E-state index contributed by atoms with van der Waals surface area (Å²) in [5.74, 6) is -0.101. The highest BCUT2D eigenvalue weighted by Gasteiger charge is 2.51. The Morgan fingerprint density at radius 2 is 1.73 bits per heavy atom. The minimum Gasteiger partial charge on any atom is -0.353 e. The zero-order valence-electron chi connectivity index (χ0n) is 12.9. The Balaban J connectivity index is 1.36. The number of amides is 1. The van der Waals surface area contributed by atoms with Crippen LogP contribution in [0, 0.1) is 5.82 Å². The number of hydrogen-bond acceptors (Lipinski definition) is 2. The average molecular weight is 302 g/mol. The van der Waals surface area contributed by atoms with Crippen molar-refractivity contribution in [2.75, 3.05) is 13.1 Å². The predicted molar refractivity (Wildman–Crippen MR) is 83.1 cm³/mol. The van der Waals surface area contributed by atoms with Gasteiger partial charge in [-0.25, -0.2) is 4.39 Å². The van der Waals surface area contributed by atoms with Crippen LogP contribution in [0.25, 0.3) is 0 Å². The number of rotatable bonds is 4. The van der Waals surface area contributed by atoms with Gasteiger partial charge in [0.25, 0.3) is 0 Å². The molecule has 1 heterocycles. The van der Waals surface area contributed by atoms with Gasteiger partial charge >= 0.3 is 0 Å². The van der Waals surface area contributed by atoms with E-state index in [4.69, 9.17) is 0 Å². The van der Waals surface area contributed by atoms with Crippen LogP contribution < -0.4 is 5.32 Å². The molecule has 2 aliphatic carbocycles. The summed E-state index contributed by atoms with van der Waals surface area (Å²) in [6.07, 6.45) is 6.58. The molecular formula is C18H23FN2O. The first-order chi connectivity index (χ1) is 10.7. The van der Waals surface area contributed by atoms with Gasteiger partial charge in [0.2, 0.25) is 5.91 Å². The summed E-state index contributed by atoms with van der Waals surface area (Å²) in [7, 11) is 0. The normalized spacial score (nSPS) is 25.0. The number of benzene rings is 1. The third-order valence-electron chi connectivity index (χ3n) is 5.51. The number of halogens is 1. The molecule has 0 spiro atoms. The first-order valence-electron chi connectivity index (χ1n) is 8.48. The Kier molecular flexibility index (Phi) is 3.44. The molecule has 118 valence electrons. The van der Waals surface area contributed by atoms with Crippen LogP contribution in [-0.2, 0) is 10.2 Å². The SMILES string of the molecule is O=C(NC1CCN(C2CC2)CC1)C1(c2ccc(F)cc2)CC1. The molecule has 1 amide bonds. The monoisotopic (exact) mass is 302 g/mol. The highest BCUT2D eigenvalue weighted by molar-refractivity contribution is 5.91. The van der Waals surface area contributed by atoms with Crippen LogP contribution >= 0.6 is 0 Å². The smallest absolute Gasteiger partial charge is 0.230 e. The number of carbonyl (C=O) groups excluding carboxylic acids is 1. The van der Waals surface area contributed by atoms with E-state index in [-0.39, 0.29) is 17.1 Å². The van der Waals surface area contributed by atoms with E-state index >= 15 is 0 Å². The Morgan fingerprint density at radius 1 is 1.09 bits per heavy atom. The van der Waals surface area contributed by atoms with Crippen LogP contribution in [0.5, 0.6) is 0 Å². The summed E-state index contributed by atoms with van der Waals surface area (Å²) >= 11 is 0. The number of nitrogens with zero attached hydrogens (tertiary/aromatic N) is 1. The van der Waals surface area contributed by atoms with Crippen molar-refractivity contribution in [2.45, 2.75) is 56.0 Å². The fourth-order valence-electron chi connectivity index (χ4n) is 3.71. The zero-order valence-corrected chi connectivity index (χ0v) is 12.9. The van der Waals surface area contributed by atoms with Crippen molar-refractivity contribution in [3.63, 3.8) is 0 Å². The van der Waals surface area contributed by atoms with Gasteiger partial charge in [0.1, 0.15) is 5.82 Å². The Bertz CT molecular complexity index is 555. The lowest BCUT2D eigenvalue weighted by molar-refractivity contribution is -0.124. The van der Waals surface area contributed by atoms with E-state index in [9.17, 15) is 9.18 Å². The lowest BCUT2D eigenvalue weighted by atomic mass is 9.93. The molecule has 0 radical (unpaired) electrons. The van der Waals surface area contributed by atoms with Crippen LogP contribution in [-0.4, -0.2) is 36.0 Å². The molecule has 1 aromatic rings. The topological polar surface area (TPSA) is 32.3 Å². The van der Waals surface area contributed by atoms with E-state index in [1.807, 2.05) is 0 Å². The number of nitrogens with one attached hydrogen (secondary N) is 1. The Morgan fingerprint density at radius 3 is 2.27 bits per heavy atom. The largest absolute Gasteiger partial charge is 0.353 e. The fourth-order valence-corrected chi connectivity index (χ4v) is 3.71. The van der Waals surface area contributed by atoms with E-state index in [1.54, 1.807) is 12.1 Å². The molecule has 1 aliphatic heterocycles. The van der Waals surface area contributed by atoms with Crippen LogP contribution in [0.3, 0.4) is 0 Å². The van der Waals surface area contributed by atoms with Crippen molar-refractivity contribution in [1.29, 1.82) is 0 Å². The van der Waals surface area contributed by atoms with Crippen molar-refractivity contribution in [2.24, 2.45) is 0 Å². The molecule has 0 atom stereocenters. The first-order valence-corrected chi connectivity index (χ1v) is 8.48. The molecule has 22 heavy (non-hydrogen) atoms. The Hall–Kier alpha value is -1.42. The molecule has 0 unspecified atom stereocenters. The maximum Gasteiger partial charge on any atom is 0.230 e. The number of carbonyl (C=O) groups is 1. The fraction of sp³-hybridized carbons (Fsp3) is 0.611. The highest BCUT2D eigenvalue weighted by atomic mass is 19.1. The quantitative estimate of drug-likeness (QED) is 0.927. The van der Waals surface area contributed by atoms with E-state index in [1.165, 1.54) is 25.0 Å². The van der Waals surface area contributed by atoms with Gasteiger partial charge in [-0.2, -0.15) is 0 Å². The second-order valence-electron chi connectivity index (χ2n) is 7.10. The number of piperidine rings is 1. The van der Waals surface area contributed by atoms with Crippen molar-refractivity contribution < 1.29 is 9.18 Å². The van der Waals surface area contributed by atoms with Crippen LogP contribution in [0.2, 0.25) is 0 Å². The van der Waals surface area contributed by atoms with Crippen molar-refractivity contribution in [3.8, 4) is 0 Å². The van der Waals surface area contributed by atoms with Crippen molar-refractivity contribution in [1.82, 2.24) is 10.2 Å². The molecule has 4 heteroatoms. The average Bonchev–Trinajstić information content (AvgIpc) is 3.41. The van der Waals surface area contributed by atoms with Gasteiger partial charge in [-0.3, -0.25) is 4.79 Å². The van der Waals surface area contributed by atoms with Crippen molar-refractivity contribution >= 4 is 5.91 Å². The molecule has 3 nitrogen and oxygen atoms in total. The van der Waals surface area contributed by atoms with Gasteiger partial charge in [-0.05, 0) is 56.2 Å². The molecule has 0 aromatic heterocycles. The van der Waals surface area contributed by atoms with Gasteiger partial charge < -0.3 is 10.2 Å². The molecule has 2 saturated carbocycles.